The Bertz CT molecular complexity index is 688. The number of carbonyl (C=O) groups is 1. The van der Waals surface area contributed by atoms with E-state index in [0.717, 1.165) is 43.4 Å². The lowest BCUT2D eigenvalue weighted by Gasteiger charge is -2.35. The van der Waals surface area contributed by atoms with E-state index in [9.17, 15) is 14.7 Å². The van der Waals surface area contributed by atoms with Crippen molar-refractivity contribution in [2.45, 2.75) is 51.6 Å². The fourth-order valence-corrected chi connectivity index (χ4v) is 3.91. The number of pyridine rings is 1. The minimum Gasteiger partial charge on any atom is -0.390 e. The molecule has 2 aliphatic rings. The van der Waals surface area contributed by atoms with Gasteiger partial charge in [-0.2, -0.15) is 0 Å². The molecule has 23 heavy (non-hydrogen) atoms. The normalized spacial score (nSPS) is 23.0. The third-order valence-electron chi connectivity index (χ3n) is 5.55. The van der Waals surface area contributed by atoms with Gasteiger partial charge in [0, 0.05) is 31.7 Å². The molecule has 0 spiro atoms. The van der Waals surface area contributed by atoms with E-state index >= 15 is 0 Å². The smallest absolute Gasteiger partial charge is 0.263 e. The van der Waals surface area contributed by atoms with Crippen LogP contribution in [0.5, 0.6) is 0 Å². The molecule has 1 unspecified atom stereocenters. The van der Waals surface area contributed by atoms with Gasteiger partial charge in [-0.1, -0.05) is 6.92 Å². The Hall–Kier alpha value is -1.62. The van der Waals surface area contributed by atoms with Gasteiger partial charge in [0.05, 0.1) is 5.60 Å². The minimum absolute atomic E-state index is 0.153. The fraction of sp³-hybridized carbons (Fsp3) is 0.667. The van der Waals surface area contributed by atoms with Gasteiger partial charge in [-0.3, -0.25) is 9.59 Å². The lowest BCUT2D eigenvalue weighted by atomic mass is 9.90. The quantitative estimate of drug-likeness (QED) is 0.921. The minimum atomic E-state index is -0.564. The van der Waals surface area contributed by atoms with E-state index in [2.05, 4.69) is 0 Å². The first kappa shape index (κ1) is 16.2. The predicted octanol–water partition coefficient (Wildman–Crippen LogP) is 1.63. The van der Waals surface area contributed by atoms with E-state index < -0.39 is 5.60 Å². The van der Waals surface area contributed by atoms with E-state index in [1.807, 2.05) is 13.8 Å². The van der Waals surface area contributed by atoms with Gasteiger partial charge in [0.25, 0.3) is 11.5 Å². The number of nitrogens with zero attached hydrogens (tertiary/aromatic N) is 2. The molecule has 1 N–H and O–H groups in total. The molecule has 1 saturated carbocycles. The molecule has 3 rings (SSSR count). The SMILES string of the molecule is CCc1c(C)cc(C(=O)N2CCCC(C3(O)CC3)C2)c(=O)n1C. The molecule has 1 saturated heterocycles. The second-order valence-electron chi connectivity index (χ2n) is 7.10. The van der Waals surface area contributed by atoms with Crippen molar-refractivity contribution < 1.29 is 9.90 Å². The van der Waals surface area contributed by atoms with Gasteiger partial charge in [-0.25, -0.2) is 0 Å². The number of aromatic nitrogens is 1. The van der Waals surface area contributed by atoms with Crippen molar-refractivity contribution in [2.24, 2.45) is 13.0 Å². The number of aliphatic hydroxyl groups is 1. The van der Waals surface area contributed by atoms with Crippen LogP contribution in [-0.2, 0) is 13.5 Å². The summed E-state index contributed by atoms with van der Waals surface area (Å²) in [5.41, 5.74) is 1.42. The van der Waals surface area contributed by atoms with Gasteiger partial charge in [0.2, 0.25) is 0 Å². The largest absolute Gasteiger partial charge is 0.390 e. The highest BCUT2D eigenvalue weighted by Gasteiger charge is 2.49. The number of piperidine rings is 1. The summed E-state index contributed by atoms with van der Waals surface area (Å²) in [7, 11) is 1.73. The van der Waals surface area contributed by atoms with Crippen LogP contribution in [0.3, 0.4) is 0 Å². The standard InChI is InChI=1S/C18H26N2O3/c1-4-15-12(2)10-14(16(21)19(15)3)17(22)20-9-5-6-13(11-20)18(23)7-8-18/h10,13,23H,4-9,11H2,1-3H3. The molecule has 1 aromatic heterocycles. The Morgan fingerprint density at radius 3 is 2.74 bits per heavy atom. The van der Waals surface area contributed by atoms with Crippen LogP contribution in [0.4, 0.5) is 0 Å². The van der Waals surface area contributed by atoms with E-state index in [1.54, 1.807) is 22.6 Å². The molecule has 2 fully saturated rings. The molecular weight excluding hydrogens is 292 g/mol. The number of amides is 1. The Morgan fingerprint density at radius 1 is 1.43 bits per heavy atom. The molecule has 2 heterocycles. The molecule has 1 atom stereocenters. The number of hydrogen-bond donors (Lipinski definition) is 1. The summed E-state index contributed by atoms with van der Waals surface area (Å²) >= 11 is 0. The summed E-state index contributed by atoms with van der Waals surface area (Å²) < 4.78 is 1.60. The number of aryl methyl sites for hydroxylation is 1. The summed E-state index contributed by atoms with van der Waals surface area (Å²) in [5, 5.41) is 10.3. The van der Waals surface area contributed by atoms with Crippen molar-refractivity contribution in [3.8, 4) is 0 Å². The highest BCUT2D eigenvalue weighted by molar-refractivity contribution is 5.94. The molecule has 1 aliphatic carbocycles. The number of rotatable bonds is 3. The molecule has 0 aromatic carbocycles. The van der Waals surface area contributed by atoms with Gasteiger partial charge >= 0.3 is 0 Å². The molecule has 1 amide bonds. The molecule has 1 aliphatic heterocycles. The van der Waals surface area contributed by atoms with Crippen LogP contribution >= 0.6 is 0 Å². The van der Waals surface area contributed by atoms with Crippen molar-refractivity contribution in [3.05, 3.63) is 33.2 Å². The second-order valence-corrected chi connectivity index (χ2v) is 7.10. The molecule has 0 radical (unpaired) electrons. The van der Waals surface area contributed by atoms with Crippen molar-refractivity contribution in [1.29, 1.82) is 0 Å². The fourth-order valence-electron chi connectivity index (χ4n) is 3.91. The van der Waals surface area contributed by atoms with Gasteiger partial charge in [0.1, 0.15) is 5.56 Å². The van der Waals surface area contributed by atoms with Crippen LogP contribution in [0.2, 0.25) is 0 Å². The predicted molar refractivity (Wildman–Crippen MR) is 88.6 cm³/mol. The lowest BCUT2D eigenvalue weighted by molar-refractivity contribution is 0.0281. The maximum absolute atomic E-state index is 12.8. The summed E-state index contributed by atoms with van der Waals surface area (Å²) in [6.07, 6.45) is 4.31. The number of hydrogen-bond acceptors (Lipinski definition) is 3. The first-order valence-electron chi connectivity index (χ1n) is 8.58. The summed E-state index contributed by atoms with van der Waals surface area (Å²) in [6, 6.07) is 1.74. The molecule has 0 bridgehead atoms. The number of carbonyl (C=O) groups excluding carboxylic acids is 1. The van der Waals surface area contributed by atoms with Crippen LogP contribution in [0, 0.1) is 12.8 Å². The summed E-state index contributed by atoms with van der Waals surface area (Å²) in [5.74, 6) is -0.0367. The molecular formula is C18H26N2O3. The van der Waals surface area contributed by atoms with Crippen LogP contribution < -0.4 is 5.56 Å². The van der Waals surface area contributed by atoms with Gasteiger partial charge in [-0.15, -0.1) is 0 Å². The average Bonchev–Trinajstić information content (AvgIpc) is 3.30. The van der Waals surface area contributed by atoms with Crippen LogP contribution in [0.1, 0.15) is 54.2 Å². The maximum atomic E-state index is 12.8. The van der Waals surface area contributed by atoms with E-state index in [0.29, 0.717) is 13.1 Å². The Morgan fingerprint density at radius 2 is 2.13 bits per heavy atom. The third kappa shape index (κ3) is 2.82. The number of likely N-dealkylation sites (tertiary alicyclic amines) is 1. The Labute approximate surface area is 136 Å². The van der Waals surface area contributed by atoms with Crippen LogP contribution in [0.15, 0.2) is 10.9 Å². The maximum Gasteiger partial charge on any atom is 0.263 e. The lowest BCUT2D eigenvalue weighted by Crippen LogP contribution is -2.46. The zero-order valence-corrected chi connectivity index (χ0v) is 14.3. The van der Waals surface area contributed by atoms with Gasteiger partial charge in [0.15, 0.2) is 0 Å². The highest BCUT2D eigenvalue weighted by Crippen LogP contribution is 2.45. The van der Waals surface area contributed by atoms with E-state index in [1.165, 1.54) is 0 Å². The highest BCUT2D eigenvalue weighted by atomic mass is 16.3. The zero-order chi connectivity index (χ0) is 16.8. The van der Waals surface area contributed by atoms with Crippen molar-refractivity contribution in [2.75, 3.05) is 13.1 Å². The molecule has 126 valence electrons. The van der Waals surface area contributed by atoms with Crippen molar-refractivity contribution in [3.63, 3.8) is 0 Å². The monoisotopic (exact) mass is 318 g/mol. The van der Waals surface area contributed by atoms with Crippen LogP contribution in [-0.4, -0.2) is 39.2 Å². The first-order valence-corrected chi connectivity index (χ1v) is 8.58. The van der Waals surface area contributed by atoms with E-state index in [4.69, 9.17) is 0 Å². The Kier molecular flexibility index (Phi) is 4.08. The molecule has 5 nitrogen and oxygen atoms in total. The first-order chi connectivity index (χ1) is 10.9. The molecule has 5 heteroatoms. The summed E-state index contributed by atoms with van der Waals surface area (Å²) in [4.78, 5) is 27.1. The summed E-state index contributed by atoms with van der Waals surface area (Å²) in [6.45, 7) is 5.19. The molecule has 1 aromatic rings. The topological polar surface area (TPSA) is 62.5 Å². The van der Waals surface area contributed by atoms with Crippen LogP contribution in [0.25, 0.3) is 0 Å². The zero-order valence-electron chi connectivity index (χ0n) is 14.3. The Balaban J connectivity index is 1.87. The van der Waals surface area contributed by atoms with Gasteiger partial charge < -0.3 is 14.6 Å². The van der Waals surface area contributed by atoms with Gasteiger partial charge in [-0.05, 0) is 50.7 Å². The van der Waals surface area contributed by atoms with E-state index in [-0.39, 0.29) is 22.9 Å². The third-order valence-corrected chi connectivity index (χ3v) is 5.55. The second kappa shape index (κ2) is 5.78. The average molecular weight is 318 g/mol. The van der Waals surface area contributed by atoms with Crippen molar-refractivity contribution in [1.82, 2.24) is 9.47 Å². The van der Waals surface area contributed by atoms with Crippen molar-refractivity contribution >= 4 is 5.91 Å².